The SMILES string of the molecule is CCS(=O)C1CCCC(Nc2cc(NC3CCCC(S(=O)CC)C3)ncn2)C1. The summed E-state index contributed by atoms with van der Waals surface area (Å²) in [5, 5.41) is 7.66. The van der Waals surface area contributed by atoms with E-state index in [2.05, 4.69) is 20.6 Å². The third-order valence-electron chi connectivity index (χ3n) is 5.94. The molecule has 6 unspecified atom stereocenters. The molecule has 6 nitrogen and oxygen atoms in total. The second-order valence-electron chi connectivity index (χ2n) is 7.89. The van der Waals surface area contributed by atoms with E-state index in [9.17, 15) is 8.42 Å². The van der Waals surface area contributed by atoms with Crippen LogP contribution in [-0.4, -0.2) is 52.5 Å². The number of hydrogen-bond donors (Lipinski definition) is 2. The minimum Gasteiger partial charge on any atom is -0.367 e. The van der Waals surface area contributed by atoms with Gasteiger partial charge in [-0.25, -0.2) is 9.97 Å². The summed E-state index contributed by atoms with van der Waals surface area (Å²) >= 11 is 0. The van der Waals surface area contributed by atoms with E-state index in [0.717, 1.165) is 74.5 Å². The number of rotatable bonds is 8. The molecule has 6 atom stereocenters. The summed E-state index contributed by atoms with van der Waals surface area (Å²) in [6.07, 6.45) is 10.0. The van der Waals surface area contributed by atoms with Crippen molar-refractivity contribution in [2.45, 2.75) is 87.8 Å². The molecule has 0 spiro atoms. The maximum atomic E-state index is 12.2. The topological polar surface area (TPSA) is 84.0 Å². The third kappa shape index (κ3) is 5.99. The standard InChI is InChI=1S/C20H34N4O2S2/c1-3-27(25)17-9-5-7-15(11-17)23-19-13-20(22-14-21-19)24-16-8-6-10-18(12-16)28(26)4-2/h13-18H,3-12H2,1-2H3,(H2,21,22,23,24). The fourth-order valence-electron chi connectivity index (χ4n) is 4.43. The maximum absolute atomic E-state index is 12.2. The van der Waals surface area contributed by atoms with Crippen molar-refractivity contribution in [1.29, 1.82) is 0 Å². The van der Waals surface area contributed by atoms with Crippen LogP contribution >= 0.6 is 0 Å². The van der Waals surface area contributed by atoms with Gasteiger partial charge >= 0.3 is 0 Å². The number of aromatic nitrogens is 2. The Morgan fingerprint density at radius 2 is 1.32 bits per heavy atom. The fourth-order valence-corrected chi connectivity index (χ4v) is 7.13. The van der Waals surface area contributed by atoms with E-state index in [0.29, 0.717) is 22.6 Å². The second kappa shape index (κ2) is 10.7. The Morgan fingerprint density at radius 3 is 1.75 bits per heavy atom. The van der Waals surface area contributed by atoms with Gasteiger partial charge in [0.05, 0.1) is 0 Å². The van der Waals surface area contributed by atoms with E-state index in [-0.39, 0.29) is 0 Å². The van der Waals surface area contributed by atoms with Gasteiger partial charge in [-0.15, -0.1) is 0 Å². The van der Waals surface area contributed by atoms with E-state index >= 15 is 0 Å². The zero-order chi connectivity index (χ0) is 19.9. The highest BCUT2D eigenvalue weighted by Crippen LogP contribution is 2.27. The molecule has 1 aromatic rings. The lowest BCUT2D eigenvalue weighted by Gasteiger charge is -2.30. The predicted molar refractivity (Wildman–Crippen MR) is 119 cm³/mol. The highest BCUT2D eigenvalue weighted by atomic mass is 32.2. The van der Waals surface area contributed by atoms with E-state index in [1.54, 1.807) is 6.33 Å². The van der Waals surface area contributed by atoms with Gasteiger partial charge in [0, 0.05) is 61.8 Å². The smallest absolute Gasteiger partial charge is 0.131 e. The van der Waals surface area contributed by atoms with E-state index in [1.165, 1.54) is 0 Å². The molecule has 0 aromatic carbocycles. The molecule has 28 heavy (non-hydrogen) atoms. The molecule has 2 aliphatic rings. The average Bonchev–Trinajstić information content (AvgIpc) is 2.73. The summed E-state index contributed by atoms with van der Waals surface area (Å²) in [5.41, 5.74) is 0. The first-order chi connectivity index (χ1) is 13.6. The summed E-state index contributed by atoms with van der Waals surface area (Å²) in [6.45, 7) is 4.00. The zero-order valence-corrected chi connectivity index (χ0v) is 18.7. The highest BCUT2D eigenvalue weighted by molar-refractivity contribution is 7.85. The molecular formula is C20H34N4O2S2. The van der Waals surface area contributed by atoms with Crippen LogP contribution in [0.1, 0.15) is 65.2 Å². The van der Waals surface area contributed by atoms with Crippen LogP contribution in [0.3, 0.4) is 0 Å². The van der Waals surface area contributed by atoms with Crippen LogP contribution in [0, 0.1) is 0 Å². The van der Waals surface area contributed by atoms with Crippen molar-refractivity contribution in [2.24, 2.45) is 0 Å². The van der Waals surface area contributed by atoms with Crippen molar-refractivity contribution in [3.8, 4) is 0 Å². The monoisotopic (exact) mass is 426 g/mol. The lowest BCUT2D eigenvalue weighted by atomic mass is 9.95. The maximum Gasteiger partial charge on any atom is 0.131 e. The van der Waals surface area contributed by atoms with Gasteiger partial charge < -0.3 is 10.6 Å². The van der Waals surface area contributed by atoms with Crippen LogP contribution in [0.15, 0.2) is 12.4 Å². The van der Waals surface area contributed by atoms with Crippen molar-refractivity contribution in [3.05, 3.63) is 12.4 Å². The van der Waals surface area contributed by atoms with Gasteiger partial charge in [-0.3, -0.25) is 8.42 Å². The zero-order valence-electron chi connectivity index (χ0n) is 17.1. The van der Waals surface area contributed by atoms with Crippen molar-refractivity contribution in [3.63, 3.8) is 0 Å². The molecular weight excluding hydrogens is 392 g/mol. The summed E-state index contributed by atoms with van der Waals surface area (Å²) in [4.78, 5) is 8.77. The van der Waals surface area contributed by atoms with Gasteiger partial charge in [0.2, 0.25) is 0 Å². The molecule has 0 aliphatic heterocycles. The number of nitrogens with zero attached hydrogens (tertiary/aromatic N) is 2. The molecule has 0 radical (unpaired) electrons. The fraction of sp³-hybridized carbons (Fsp3) is 0.800. The molecule has 1 heterocycles. The quantitative estimate of drug-likeness (QED) is 0.662. The highest BCUT2D eigenvalue weighted by Gasteiger charge is 2.27. The number of hydrogen-bond acceptors (Lipinski definition) is 6. The predicted octanol–water partition coefficient (Wildman–Crippen LogP) is 3.46. The van der Waals surface area contributed by atoms with Crippen LogP contribution in [0.5, 0.6) is 0 Å². The molecule has 1 aromatic heterocycles. The first-order valence-electron chi connectivity index (χ1n) is 10.7. The molecule has 2 fully saturated rings. The minimum absolute atomic E-state index is 0.300. The van der Waals surface area contributed by atoms with E-state index in [1.807, 2.05) is 19.9 Å². The van der Waals surface area contributed by atoms with Crippen molar-refractivity contribution >= 4 is 33.2 Å². The van der Waals surface area contributed by atoms with Crippen LogP contribution in [-0.2, 0) is 21.6 Å². The second-order valence-corrected chi connectivity index (χ2v) is 11.9. The van der Waals surface area contributed by atoms with Crippen molar-refractivity contribution < 1.29 is 8.42 Å². The molecule has 0 saturated heterocycles. The number of anilines is 2. The van der Waals surface area contributed by atoms with Gasteiger partial charge in [0.25, 0.3) is 0 Å². The minimum atomic E-state index is -0.720. The Morgan fingerprint density at radius 1 is 0.857 bits per heavy atom. The van der Waals surface area contributed by atoms with Crippen LogP contribution < -0.4 is 10.6 Å². The average molecular weight is 427 g/mol. The van der Waals surface area contributed by atoms with Gasteiger partial charge in [-0.2, -0.15) is 0 Å². The van der Waals surface area contributed by atoms with E-state index in [4.69, 9.17) is 0 Å². The molecule has 2 aliphatic carbocycles. The lowest BCUT2D eigenvalue weighted by molar-refractivity contribution is 0.463. The van der Waals surface area contributed by atoms with Gasteiger partial charge in [-0.1, -0.05) is 26.7 Å². The van der Waals surface area contributed by atoms with Crippen LogP contribution in [0.4, 0.5) is 11.6 Å². The molecule has 2 saturated carbocycles. The van der Waals surface area contributed by atoms with Crippen LogP contribution in [0.2, 0.25) is 0 Å². The Hall–Kier alpha value is -1.02. The van der Waals surface area contributed by atoms with Gasteiger partial charge in [-0.05, 0) is 38.5 Å². The molecule has 3 rings (SSSR count). The normalized spacial score (nSPS) is 30.4. The summed E-state index contributed by atoms with van der Waals surface area (Å²) in [5.74, 6) is 3.14. The summed E-state index contributed by atoms with van der Waals surface area (Å²) < 4.78 is 24.3. The molecule has 158 valence electrons. The number of nitrogens with one attached hydrogen (secondary N) is 2. The van der Waals surface area contributed by atoms with Crippen molar-refractivity contribution in [2.75, 3.05) is 22.1 Å². The summed E-state index contributed by atoms with van der Waals surface area (Å²) in [7, 11) is -1.44. The summed E-state index contributed by atoms with van der Waals surface area (Å²) in [6, 6.07) is 2.62. The Balaban J connectivity index is 1.56. The molecule has 2 N–H and O–H groups in total. The lowest BCUT2D eigenvalue weighted by Crippen LogP contribution is -2.34. The Labute approximate surface area is 174 Å². The molecule has 0 bridgehead atoms. The largest absolute Gasteiger partial charge is 0.367 e. The molecule has 0 amide bonds. The van der Waals surface area contributed by atoms with Gasteiger partial charge in [0.15, 0.2) is 0 Å². The van der Waals surface area contributed by atoms with Crippen molar-refractivity contribution in [1.82, 2.24) is 9.97 Å². The Bertz CT molecular complexity index is 635. The first-order valence-corrected chi connectivity index (χ1v) is 13.4. The van der Waals surface area contributed by atoms with Crippen LogP contribution in [0.25, 0.3) is 0 Å². The first kappa shape index (κ1) is 21.7. The Kier molecular flexibility index (Phi) is 8.26. The molecule has 8 heteroatoms. The third-order valence-corrected chi connectivity index (χ3v) is 9.42. The van der Waals surface area contributed by atoms with Gasteiger partial charge in [0.1, 0.15) is 18.0 Å². The van der Waals surface area contributed by atoms with E-state index < -0.39 is 21.6 Å².